The maximum absolute atomic E-state index is 12.4. The molecule has 45 heavy (non-hydrogen) atoms. The standard InChI is InChI=1S/C40H56O5/c1-35(2)31-14-12-28-27(38(31,5)17-16-33(35)45-23-9-10-26-11-13-29(41)30(24-26)44-8)15-18-40(7)32-25-37(4,34(42)43)20-19-36(32,3)21-22-39(28,40)6/h9-13,15,24,31-33,41H,14,16-23,25H2,1-8H3,(H,42,43)/b10-9+/t31-,32+,33-,36+,37+,38+,39+,40-/m0/s1. The first kappa shape index (κ1) is 32.4. The molecule has 5 aliphatic carbocycles. The number of carbonyl (C=O) groups is 1. The van der Waals surface area contributed by atoms with E-state index in [0.29, 0.717) is 24.2 Å². The Kier molecular flexibility index (Phi) is 7.75. The van der Waals surface area contributed by atoms with E-state index in [1.54, 1.807) is 24.3 Å². The molecule has 0 saturated heterocycles. The Morgan fingerprint density at radius 2 is 1.69 bits per heavy atom. The number of methoxy groups -OCH3 is 1. The quantitative estimate of drug-likeness (QED) is 0.333. The average Bonchev–Trinajstić information content (AvgIpc) is 2.99. The number of fused-ring (bicyclic) bond motifs is 7. The van der Waals surface area contributed by atoms with Crippen LogP contribution in [0.1, 0.15) is 112 Å². The van der Waals surface area contributed by atoms with Crippen molar-refractivity contribution in [2.45, 2.75) is 112 Å². The summed E-state index contributed by atoms with van der Waals surface area (Å²) in [6.45, 7) is 17.5. The monoisotopic (exact) mass is 616 g/mol. The number of benzene rings is 1. The maximum atomic E-state index is 12.4. The van der Waals surface area contributed by atoms with E-state index in [4.69, 9.17) is 9.47 Å². The molecule has 246 valence electrons. The predicted octanol–water partition coefficient (Wildman–Crippen LogP) is 9.61. The van der Waals surface area contributed by atoms with Gasteiger partial charge in [0.1, 0.15) is 0 Å². The first-order chi connectivity index (χ1) is 21.0. The van der Waals surface area contributed by atoms with Crippen molar-refractivity contribution in [3.05, 3.63) is 53.1 Å². The zero-order valence-corrected chi connectivity index (χ0v) is 29.0. The number of hydrogen-bond donors (Lipinski definition) is 2. The zero-order chi connectivity index (χ0) is 32.6. The van der Waals surface area contributed by atoms with Crippen LogP contribution in [0, 0.1) is 44.3 Å². The molecular weight excluding hydrogens is 560 g/mol. The smallest absolute Gasteiger partial charge is 0.309 e. The summed E-state index contributed by atoms with van der Waals surface area (Å²) in [5.74, 6) is 0.903. The van der Waals surface area contributed by atoms with E-state index in [-0.39, 0.29) is 38.9 Å². The molecule has 0 amide bonds. The molecule has 0 heterocycles. The van der Waals surface area contributed by atoms with E-state index in [2.05, 4.69) is 59.8 Å². The summed E-state index contributed by atoms with van der Waals surface area (Å²) in [5, 5.41) is 20.1. The van der Waals surface area contributed by atoms with Crippen LogP contribution >= 0.6 is 0 Å². The fourth-order valence-electron chi connectivity index (χ4n) is 11.2. The Morgan fingerprint density at radius 3 is 2.40 bits per heavy atom. The first-order valence-corrected chi connectivity index (χ1v) is 17.3. The van der Waals surface area contributed by atoms with Gasteiger partial charge in [0.15, 0.2) is 11.5 Å². The van der Waals surface area contributed by atoms with Gasteiger partial charge >= 0.3 is 5.97 Å². The minimum absolute atomic E-state index is 0.0188. The van der Waals surface area contributed by atoms with E-state index < -0.39 is 11.4 Å². The Morgan fingerprint density at radius 1 is 0.956 bits per heavy atom. The molecule has 0 bridgehead atoms. The second kappa shape index (κ2) is 10.8. The summed E-state index contributed by atoms with van der Waals surface area (Å²) in [6.07, 6.45) is 18.8. The Hall–Kier alpha value is -2.53. The maximum Gasteiger partial charge on any atom is 0.309 e. The van der Waals surface area contributed by atoms with Crippen LogP contribution in [0.25, 0.3) is 6.08 Å². The zero-order valence-electron chi connectivity index (χ0n) is 29.0. The molecule has 0 unspecified atom stereocenters. The molecule has 5 nitrogen and oxygen atoms in total. The van der Waals surface area contributed by atoms with Gasteiger partial charge in [-0.3, -0.25) is 4.79 Å². The molecule has 2 N–H and O–H groups in total. The summed E-state index contributed by atoms with van der Waals surface area (Å²) in [6, 6.07) is 5.38. The van der Waals surface area contributed by atoms with E-state index in [0.717, 1.165) is 50.5 Å². The topological polar surface area (TPSA) is 76.0 Å². The van der Waals surface area contributed by atoms with Crippen molar-refractivity contribution in [2.24, 2.45) is 44.3 Å². The number of hydrogen-bond acceptors (Lipinski definition) is 4. The lowest BCUT2D eigenvalue weighted by Crippen LogP contribution is -2.61. The molecule has 1 aromatic rings. The molecule has 1 aromatic carbocycles. The van der Waals surface area contributed by atoms with E-state index in [9.17, 15) is 15.0 Å². The summed E-state index contributed by atoms with van der Waals surface area (Å²) >= 11 is 0. The molecule has 6 rings (SSSR count). The first-order valence-electron chi connectivity index (χ1n) is 17.3. The third kappa shape index (κ3) is 4.76. The normalized spacial score (nSPS) is 42.0. The molecule has 3 fully saturated rings. The van der Waals surface area contributed by atoms with Crippen molar-refractivity contribution >= 4 is 12.0 Å². The lowest BCUT2D eigenvalue weighted by molar-refractivity contribution is -0.171. The van der Waals surface area contributed by atoms with Gasteiger partial charge in [-0.05, 0) is 132 Å². The summed E-state index contributed by atoms with van der Waals surface area (Å²) < 4.78 is 11.9. The highest BCUT2D eigenvalue weighted by Crippen LogP contribution is 2.74. The molecule has 0 aliphatic heterocycles. The number of rotatable bonds is 6. The molecule has 0 spiro atoms. The molecule has 0 aromatic heterocycles. The van der Waals surface area contributed by atoms with E-state index in [1.807, 2.05) is 25.1 Å². The van der Waals surface area contributed by atoms with E-state index >= 15 is 0 Å². The van der Waals surface area contributed by atoms with Crippen LogP contribution in [0.15, 0.2) is 47.6 Å². The van der Waals surface area contributed by atoms with Gasteiger partial charge in [-0.15, -0.1) is 0 Å². The number of aliphatic carboxylic acids is 1. The van der Waals surface area contributed by atoms with Crippen LogP contribution in [0.4, 0.5) is 0 Å². The van der Waals surface area contributed by atoms with Crippen LogP contribution in [0.5, 0.6) is 11.5 Å². The van der Waals surface area contributed by atoms with Crippen LogP contribution < -0.4 is 4.74 Å². The second-order valence-corrected chi connectivity index (χ2v) is 17.2. The third-order valence-electron chi connectivity index (χ3n) is 14.6. The number of phenolic OH excluding ortho intramolecular Hbond substituents is 1. The predicted molar refractivity (Wildman–Crippen MR) is 180 cm³/mol. The van der Waals surface area contributed by atoms with Crippen LogP contribution in [0.3, 0.4) is 0 Å². The van der Waals surface area contributed by atoms with Gasteiger partial charge in [0.05, 0.1) is 25.2 Å². The SMILES string of the molecule is COc1cc(/C=C/CO[C@H]2CC[C@]3(C)C4=CC[C@@]5(C)[C@@H]6C[C@](C)(C(=O)O)CC[C@]6(C)CC[C@]5(C)C4=CC[C@H]3C2(C)C)ccc1O. The fourth-order valence-corrected chi connectivity index (χ4v) is 11.2. The highest BCUT2D eigenvalue weighted by Gasteiger charge is 2.66. The Labute approximate surface area is 271 Å². The van der Waals surface area contributed by atoms with Gasteiger partial charge in [-0.1, -0.05) is 71.9 Å². The van der Waals surface area contributed by atoms with E-state index in [1.165, 1.54) is 12.8 Å². The number of ether oxygens (including phenoxy) is 2. The highest BCUT2D eigenvalue weighted by atomic mass is 16.5. The van der Waals surface area contributed by atoms with Crippen molar-refractivity contribution < 1.29 is 24.5 Å². The van der Waals surface area contributed by atoms with Crippen molar-refractivity contribution in [3.63, 3.8) is 0 Å². The molecule has 5 aliphatic rings. The number of aromatic hydroxyl groups is 1. The minimum atomic E-state index is -0.623. The molecular formula is C40H56O5. The van der Waals surface area contributed by atoms with Gasteiger partial charge in [-0.2, -0.15) is 0 Å². The number of carboxylic acid groups (broad SMARTS) is 1. The fraction of sp³-hybridized carbons (Fsp3) is 0.675. The van der Waals surface area contributed by atoms with Crippen molar-refractivity contribution in [1.82, 2.24) is 0 Å². The van der Waals surface area contributed by atoms with Gasteiger partial charge < -0.3 is 19.7 Å². The molecule has 8 atom stereocenters. The van der Waals surface area contributed by atoms with Gasteiger partial charge in [0.2, 0.25) is 0 Å². The van der Waals surface area contributed by atoms with Crippen LogP contribution in [-0.4, -0.2) is 36.0 Å². The number of carboxylic acids is 1. The summed E-state index contributed by atoms with van der Waals surface area (Å²) in [5.41, 5.74) is 3.99. The van der Waals surface area contributed by atoms with Gasteiger partial charge in [0, 0.05) is 0 Å². The van der Waals surface area contributed by atoms with Crippen LogP contribution in [0.2, 0.25) is 0 Å². The average molecular weight is 617 g/mol. The third-order valence-corrected chi connectivity index (χ3v) is 14.6. The summed E-state index contributed by atoms with van der Waals surface area (Å²) in [7, 11) is 1.56. The minimum Gasteiger partial charge on any atom is -0.504 e. The number of phenols is 1. The lowest BCUT2D eigenvalue weighted by Gasteiger charge is -2.68. The largest absolute Gasteiger partial charge is 0.504 e. The van der Waals surface area contributed by atoms with Crippen LogP contribution in [-0.2, 0) is 9.53 Å². The second-order valence-electron chi connectivity index (χ2n) is 17.2. The molecule has 0 radical (unpaired) electrons. The summed E-state index contributed by atoms with van der Waals surface area (Å²) in [4.78, 5) is 12.4. The highest BCUT2D eigenvalue weighted by molar-refractivity contribution is 5.74. The van der Waals surface area contributed by atoms with Crippen molar-refractivity contribution in [1.29, 1.82) is 0 Å². The molecule has 5 heteroatoms. The number of allylic oxidation sites excluding steroid dienone is 4. The Bertz CT molecular complexity index is 1450. The molecule has 3 saturated carbocycles. The van der Waals surface area contributed by atoms with Gasteiger partial charge in [0.25, 0.3) is 0 Å². The van der Waals surface area contributed by atoms with Crippen molar-refractivity contribution in [2.75, 3.05) is 13.7 Å². The van der Waals surface area contributed by atoms with Gasteiger partial charge in [-0.25, -0.2) is 0 Å². The lowest BCUT2D eigenvalue weighted by atomic mass is 9.35. The Balaban J connectivity index is 1.23. The van der Waals surface area contributed by atoms with Crippen molar-refractivity contribution in [3.8, 4) is 11.5 Å².